The lowest BCUT2D eigenvalue weighted by Gasteiger charge is -2.09. The molecule has 1 aromatic carbocycles. The van der Waals surface area contributed by atoms with Gasteiger partial charge in [-0.05, 0) is 30.7 Å². The van der Waals surface area contributed by atoms with Gasteiger partial charge in [0, 0.05) is 7.05 Å². The number of methoxy groups -OCH3 is 1. The zero-order valence-corrected chi connectivity index (χ0v) is 15.5. The molecule has 3 rings (SSSR count). The van der Waals surface area contributed by atoms with Crippen molar-refractivity contribution in [2.24, 2.45) is 12.1 Å². The molecule has 28 heavy (non-hydrogen) atoms. The molecule has 11 nitrogen and oxygen atoms in total. The van der Waals surface area contributed by atoms with Crippen molar-refractivity contribution in [1.29, 1.82) is 0 Å². The van der Waals surface area contributed by atoms with Crippen LogP contribution < -0.4 is 21.4 Å². The Hall–Kier alpha value is -3.60. The molecule has 0 aliphatic heterocycles. The van der Waals surface area contributed by atoms with Crippen molar-refractivity contribution in [3.8, 4) is 11.5 Å². The van der Waals surface area contributed by atoms with Crippen LogP contribution in [0.1, 0.15) is 12.5 Å². The Morgan fingerprint density at radius 2 is 2.18 bits per heavy atom. The van der Waals surface area contributed by atoms with Crippen molar-refractivity contribution in [2.75, 3.05) is 12.5 Å². The van der Waals surface area contributed by atoms with Gasteiger partial charge in [-0.1, -0.05) is 0 Å². The molecule has 2 heterocycles. The number of phenolic OH excluding ortho intramolecular Hbond substituents is 1. The zero-order valence-electron chi connectivity index (χ0n) is 15.5. The van der Waals surface area contributed by atoms with Gasteiger partial charge < -0.3 is 19.5 Å². The number of ether oxygens (including phenoxy) is 1. The van der Waals surface area contributed by atoms with Crippen molar-refractivity contribution in [1.82, 2.24) is 19.1 Å². The topological polar surface area (TPSA) is 147 Å². The summed E-state index contributed by atoms with van der Waals surface area (Å²) >= 11 is 0. The number of hydrogen-bond donors (Lipinski definition) is 4. The molecule has 1 unspecified atom stereocenters. The fourth-order valence-electron chi connectivity index (χ4n) is 2.70. The number of fused-ring (bicyclic) bond motifs is 1. The highest BCUT2D eigenvalue weighted by Crippen LogP contribution is 2.25. The summed E-state index contributed by atoms with van der Waals surface area (Å²) in [5.41, 5.74) is 2.48. The van der Waals surface area contributed by atoms with Crippen LogP contribution >= 0.6 is 0 Å². The number of hydrogen-bond acceptors (Lipinski definition) is 8. The Kier molecular flexibility index (Phi) is 5.18. The molecule has 0 fully saturated rings. The number of nitrogens with one attached hydrogen (secondary N) is 2. The quantitative estimate of drug-likeness (QED) is 0.342. The van der Waals surface area contributed by atoms with E-state index in [0.29, 0.717) is 11.3 Å². The van der Waals surface area contributed by atoms with Crippen LogP contribution in [0.2, 0.25) is 0 Å². The number of aromatic amines is 1. The largest absolute Gasteiger partial charge is 0.504 e. The summed E-state index contributed by atoms with van der Waals surface area (Å²) in [6, 6.07) is 4.70. The molecule has 1 atom stereocenters. The van der Waals surface area contributed by atoms with Crippen molar-refractivity contribution in [3.05, 3.63) is 44.6 Å². The smallest absolute Gasteiger partial charge is 0.329 e. The first-order chi connectivity index (χ1) is 13.3. The van der Waals surface area contributed by atoms with Crippen molar-refractivity contribution in [2.45, 2.75) is 19.6 Å². The Morgan fingerprint density at radius 1 is 1.43 bits per heavy atom. The van der Waals surface area contributed by atoms with Crippen LogP contribution in [0.5, 0.6) is 11.5 Å². The maximum absolute atomic E-state index is 12.3. The molecule has 0 spiro atoms. The number of aryl methyl sites for hydroxylation is 1. The van der Waals surface area contributed by atoms with Gasteiger partial charge in [0.25, 0.3) is 5.56 Å². The van der Waals surface area contributed by atoms with Gasteiger partial charge in [-0.2, -0.15) is 10.1 Å². The molecular formula is C17H20N6O5. The average molecular weight is 388 g/mol. The number of H-pyrrole nitrogens is 1. The van der Waals surface area contributed by atoms with Crippen molar-refractivity contribution in [3.63, 3.8) is 0 Å². The number of aromatic hydroxyl groups is 1. The van der Waals surface area contributed by atoms with E-state index in [2.05, 4.69) is 20.5 Å². The van der Waals surface area contributed by atoms with Gasteiger partial charge in [0.1, 0.15) is 0 Å². The summed E-state index contributed by atoms with van der Waals surface area (Å²) in [7, 11) is 2.92. The molecule has 3 aromatic rings. The van der Waals surface area contributed by atoms with Gasteiger partial charge in [-0.3, -0.25) is 14.3 Å². The number of hydrazone groups is 1. The fourth-order valence-corrected chi connectivity index (χ4v) is 2.70. The highest BCUT2D eigenvalue weighted by atomic mass is 16.5. The number of rotatable bonds is 6. The number of benzene rings is 1. The van der Waals surface area contributed by atoms with Crippen molar-refractivity contribution < 1.29 is 14.9 Å². The van der Waals surface area contributed by atoms with Crippen LogP contribution in [0.4, 0.5) is 5.95 Å². The minimum absolute atomic E-state index is 0.00600. The normalized spacial score (nSPS) is 12.6. The van der Waals surface area contributed by atoms with Crippen LogP contribution in [-0.4, -0.2) is 48.7 Å². The van der Waals surface area contributed by atoms with E-state index in [9.17, 15) is 19.8 Å². The molecule has 0 radical (unpaired) electrons. The SMILES string of the molecule is COc1cc(/C=N/Nc2nc3c(c(=O)[nH]c(=O)n3C)n2CC(C)O)ccc1O. The van der Waals surface area contributed by atoms with Crippen LogP contribution in [0.3, 0.4) is 0 Å². The lowest BCUT2D eigenvalue weighted by molar-refractivity contribution is 0.175. The first-order valence-electron chi connectivity index (χ1n) is 8.35. The second-order valence-electron chi connectivity index (χ2n) is 6.19. The number of imidazole rings is 1. The van der Waals surface area contributed by atoms with E-state index in [4.69, 9.17) is 4.74 Å². The monoisotopic (exact) mass is 388 g/mol. The Morgan fingerprint density at radius 3 is 2.86 bits per heavy atom. The van der Waals surface area contributed by atoms with E-state index in [1.54, 1.807) is 19.1 Å². The number of nitrogens with zero attached hydrogens (tertiary/aromatic N) is 4. The number of aliphatic hydroxyl groups is 1. The molecule has 0 aliphatic rings. The molecule has 11 heteroatoms. The summed E-state index contributed by atoms with van der Waals surface area (Å²) < 4.78 is 7.70. The highest BCUT2D eigenvalue weighted by Gasteiger charge is 2.18. The van der Waals surface area contributed by atoms with E-state index >= 15 is 0 Å². The third-order valence-corrected chi connectivity index (χ3v) is 4.04. The Balaban J connectivity index is 2.00. The van der Waals surface area contributed by atoms with Crippen LogP contribution in [-0.2, 0) is 13.6 Å². The Labute approximate surface area is 158 Å². The first kappa shape index (κ1) is 19.2. The van der Waals surface area contributed by atoms with Crippen LogP contribution in [0, 0.1) is 0 Å². The molecule has 0 saturated heterocycles. The summed E-state index contributed by atoms with van der Waals surface area (Å²) in [6.45, 7) is 1.64. The Bertz CT molecular complexity index is 1160. The third-order valence-electron chi connectivity index (χ3n) is 4.04. The van der Waals surface area contributed by atoms with Gasteiger partial charge in [0.15, 0.2) is 22.7 Å². The standard InChI is InChI=1S/C17H20N6O5/c1-9(24)8-23-13-14(22(2)17(27)20-15(13)26)19-16(23)21-18-7-10-4-5-11(25)12(6-10)28-3/h4-7,9,24-25H,8H2,1-3H3,(H,19,21)(H,20,26,27)/b18-7+. The average Bonchev–Trinajstić information content (AvgIpc) is 2.99. The predicted octanol–water partition coefficient (Wildman–Crippen LogP) is -0.0357. The molecular weight excluding hydrogens is 368 g/mol. The van der Waals surface area contributed by atoms with Gasteiger partial charge in [0.2, 0.25) is 5.95 Å². The fraction of sp³-hybridized carbons (Fsp3) is 0.294. The van der Waals surface area contributed by atoms with Gasteiger partial charge in [-0.25, -0.2) is 10.2 Å². The maximum Gasteiger partial charge on any atom is 0.329 e. The van der Waals surface area contributed by atoms with Gasteiger partial charge in [-0.15, -0.1) is 0 Å². The molecule has 4 N–H and O–H groups in total. The van der Waals surface area contributed by atoms with Gasteiger partial charge in [0.05, 0.1) is 26.0 Å². The molecule has 0 amide bonds. The molecule has 148 valence electrons. The predicted molar refractivity (Wildman–Crippen MR) is 103 cm³/mol. The van der Waals surface area contributed by atoms with E-state index in [1.807, 2.05) is 0 Å². The number of aromatic nitrogens is 4. The maximum atomic E-state index is 12.3. The van der Waals surface area contributed by atoms with E-state index in [-0.39, 0.29) is 29.4 Å². The first-order valence-corrected chi connectivity index (χ1v) is 8.35. The zero-order chi connectivity index (χ0) is 20.4. The summed E-state index contributed by atoms with van der Waals surface area (Å²) in [4.78, 5) is 30.5. The summed E-state index contributed by atoms with van der Waals surface area (Å²) in [6.07, 6.45) is 0.706. The second-order valence-corrected chi connectivity index (χ2v) is 6.19. The summed E-state index contributed by atoms with van der Waals surface area (Å²) in [5.74, 6) is 0.489. The molecule has 0 saturated carbocycles. The van der Waals surface area contributed by atoms with Crippen molar-refractivity contribution >= 4 is 23.3 Å². The highest BCUT2D eigenvalue weighted by molar-refractivity contribution is 5.81. The third kappa shape index (κ3) is 3.60. The number of phenols is 1. The van der Waals surface area contributed by atoms with E-state index in [0.717, 1.165) is 0 Å². The lowest BCUT2D eigenvalue weighted by Crippen LogP contribution is -2.29. The molecule has 2 aromatic heterocycles. The van der Waals surface area contributed by atoms with Crippen LogP contribution in [0.15, 0.2) is 32.9 Å². The van der Waals surface area contributed by atoms with Crippen LogP contribution in [0.25, 0.3) is 11.2 Å². The van der Waals surface area contributed by atoms with E-state index in [1.165, 1.54) is 35.6 Å². The molecule has 0 bridgehead atoms. The van der Waals surface area contributed by atoms with E-state index < -0.39 is 17.4 Å². The lowest BCUT2D eigenvalue weighted by atomic mass is 10.2. The molecule has 0 aliphatic carbocycles. The minimum Gasteiger partial charge on any atom is -0.504 e. The summed E-state index contributed by atoms with van der Waals surface area (Å²) in [5, 5.41) is 23.5. The second kappa shape index (κ2) is 7.56. The number of aliphatic hydroxyl groups excluding tert-OH is 1. The minimum atomic E-state index is -0.764. The van der Waals surface area contributed by atoms with Gasteiger partial charge >= 0.3 is 5.69 Å². The number of anilines is 1.